The molecule has 0 fully saturated rings. The molecule has 0 amide bonds. The Bertz CT molecular complexity index is 957. The molecule has 0 atom stereocenters. The lowest BCUT2D eigenvalue weighted by atomic mass is 10.2. The Morgan fingerprint density at radius 3 is 2.30 bits per heavy atom. The first-order valence-corrected chi connectivity index (χ1v) is 8.25. The molecule has 0 aliphatic carbocycles. The lowest BCUT2D eigenvalue weighted by molar-refractivity contribution is 0.557. The molecular weight excluding hydrogens is 324 g/mol. The number of nitrogens with one attached hydrogen (secondary N) is 1. The van der Waals surface area contributed by atoms with E-state index in [2.05, 4.69) is 14.7 Å². The maximum atomic E-state index is 13.6. The van der Waals surface area contributed by atoms with E-state index in [0.29, 0.717) is 11.0 Å². The van der Waals surface area contributed by atoms with Gasteiger partial charge in [0.25, 0.3) is 0 Å². The summed E-state index contributed by atoms with van der Waals surface area (Å²) in [5.74, 6) is -2.68. The minimum atomic E-state index is -4.03. The van der Waals surface area contributed by atoms with Crippen molar-refractivity contribution in [3.63, 3.8) is 0 Å². The predicted octanol–water partition coefficient (Wildman–Crippen LogP) is 2.85. The Morgan fingerprint density at radius 2 is 1.61 bits per heavy atom. The third-order valence-corrected chi connectivity index (χ3v) is 4.29. The lowest BCUT2D eigenvalue weighted by Gasteiger charge is -2.09. The Hall–Kier alpha value is -2.61. The van der Waals surface area contributed by atoms with Crippen molar-refractivity contribution < 1.29 is 17.2 Å². The number of nitrogens with zero attached hydrogens (tertiary/aromatic N) is 2. The van der Waals surface area contributed by atoms with Crippen LogP contribution in [0, 0.1) is 11.6 Å². The van der Waals surface area contributed by atoms with Crippen LogP contribution in [0.15, 0.2) is 48.7 Å². The second kappa shape index (κ2) is 5.88. The Morgan fingerprint density at radius 1 is 0.957 bits per heavy atom. The number of para-hydroxylation sites is 2. The largest absolute Gasteiger partial charge is 0.266 e. The third kappa shape index (κ3) is 3.42. The van der Waals surface area contributed by atoms with Gasteiger partial charge in [-0.05, 0) is 24.3 Å². The molecule has 0 radical (unpaired) electrons. The molecule has 0 spiro atoms. The van der Waals surface area contributed by atoms with Crippen molar-refractivity contribution >= 4 is 26.9 Å². The van der Waals surface area contributed by atoms with Gasteiger partial charge < -0.3 is 0 Å². The smallest absolute Gasteiger partial charge is 0.238 e. The summed E-state index contributed by atoms with van der Waals surface area (Å²) >= 11 is 0. The van der Waals surface area contributed by atoms with E-state index < -0.39 is 33.0 Å². The molecule has 0 aliphatic heterocycles. The van der Waals surface area contributed by atoms with Crippen LogP contribution >= 0.6 is 0 Å². The Labute approximate surface area is 131 Å². The summed E-state index contributed by atoms with van der Waals surface area (Å²) in [6.07, 6.45) is 1.25. The van der Waals surface area contributed by atoms with Gasteiger partial charge in [-0.15, -0.1) is 0 Å². The first-order chi connectivity index (χ1) is 10.9. The van der Waals surface area contributed by atoms with Crippen LogP contribution in [0.25, 0.3) is 11.0 Å². The number of rotatable bonds is 4. The van der Waals surface area contributed by atoms with Crippen LogP contribution in [0.5, 0.6) is 0 Å². The summed E-state index contributed by atoms with van der Waals surface area (Å²) in [5, 5.41) is 0. The summed E-state index contributed by atoms with van der Waals surface area (Å²) in [6.45, 7) is 0. The maximum Gasteiger partial charge on any atom is 0.238 e. The Kier molecular flexibility index (Phi) is 3.91. The zero-order chi connectivity index (χ0) is 16.4. The van der Waals surface area contributed by atoms with E-state index in [1.807, 2.05) is 0 Å². The van der Waals surface area contributed by atoms with Gasteiger partial charge in [0.1, 0.15) is 17.4 Å². The average Bonchev–Trinajstić information content (AvgIpc) is 2.51. The fraction of sp³-hybridized carbons (Fsp3) is 0.0667. The van der Waals surface area contributed by atoms with E-state index in [9.17, 15) is 17.2 Å². The molecule has 3 aromatic rings. The van der Waals surface area contributed by atoms with E-state index in [0.717, 1.165) is 12.1 Å². The minimum absolute atomic E-state index is 0.0135. The summed E-state index contributed by atoms with van der Waals surface area (Å²) in [4.78, 5) is 8.18. The molecule has 0 bridgehead atoms. The fourth-order valence-electron chi connectivity index (χ4n) is 2.06. The molecule has 0 saturated heterocycles. The number of anilines is 1. The van der Waals surface area contributed by atoms with Crippen LogP contribution in [0.2, 0.25) is 0 Å². The number of aromatic nitrogens is 2. The number of halogens is 2. The van der Waals surface area contributed by atoms with E-state index >= 15 is 0 Å². The number of sulfonamides is 1. The highest BCUT2D eigenvalue weighted by molar-refractivity contribution is 7.91. The molecule has 0 unspecified atom stereocenters. The van der Waals surface area contributed by atoms with E-state index in [1.54, 1.807) is 24.3 Å². The van der Waals surface area contributed by atoms with E-state index in [1.165, 1.54) is 12.3 Å². The average molecular weight is 335 g/mol. The molecule has 0 aliphatic rings. The van der Waals surface area contributed by atoms with Gasteiger partial charge in [0.2, 0.25) is 10.0 Å². The van der Waals surface area contributed by atoms with Crippen LogP contribution in [-0.4, -0.2) is 18.4 Å². The standard InChI is InChI=1S/C15H11F2N3O2S/c16-11-4-3-5-12(17)10(11)9-23(21,22)20-15-8-18-13-6-1-2-7-14(13)19-15/h1-8H,9H2,(H,19,20). The van der Waals surface area contributed by atoms with E-state index in [4.69, 9.17) is 0 Å². The van der Waals surface area contributed by atoms with E-state index in [-0.39, 0.29) is 5.82 Å². The summed E-state index contributed by atoms with van der Waals surface area (Å²) < 4.78 is 53.5. The molecule has 1 heterocycles. The molecule has 118 valence electrons. The van der Waals surface area contributed by atoms with Crippen molar-refractivity contribution in [1.29, 1.82) is 0 Å². The first kappa shape index (κ1) is 15.3. The maximum absolute atomic E-state index is 13.6. The SMILES string of the molecule is O=S(=O)(Cc1c(F)cccc1F)Nc1cnc2ccccc2n1. The molecular formula is C15H11F2N3O2S. The molecule has 0 saturated carbocycles. The van der Waals surface area contributed by atoms with Crippen molar-refractivity contribution in [1.82, 2.24) is 9.97 Å². The fourth-order valence-corrected chi connectivity index (χ4v) is 3.21. The molecule has 1 aromatic heterocycles. The highest BCUT2D eigenvalue weighted by Crippen LogP contribution is 2.18. The number of fused-ring (bicyclic) bond motifs is 1. The van der Waals surface area contributed by atoms with Gasteiger partial charge in [0.05, 0.1) is 17.2 Å². The van der Waals surface area contributed by atoms with Gasteiger partial charge in [-0.3, -0.25) is 9.71 Å². The van der Waals surface area contributed by atoms with Gasteiger partial charge in [0.15, 0.2) is 5.82 Å². The summed E-state index contributed by atoms with van der Waals surface area (Å²) in [7, 11) is -4.03. The third-order valence-electron chi connectivity index (χ3n) is 3.10. The van der Waals surface area contributed by atoms with Crippen molar-refractivity contribution in [2.24, 2.45) is 0 Å². The normalized spacial score (nSPS) is 11.6. The predicted molar refractivity (Wildman–Crippen MR) is 82.1 cm³/mol. The van der Waals surface area contributed by atoms with Crippen molar-refractivity contribution in [3.8, 4) is 0 Å². The summed E-state index contributed by atoms with van der Waals surface area (Å²) in [5.41, 5.74) is 0.592. The Balaban J connectivity index is 1.88. The van der Waals surface area contributed by atoms with Gasteiger partial charge in [-0.25, -0.2) is 22.2 Å². The second-order valence-corrected chi connectivity index (χ2v) is 6.53. The highest BCUT2D eigenvalue weighted by Gasteiger charge is 2.19. The number of hydrogen-bond donors (Lipinski definition) is 1. The lowest BCUT2D eigenvalue weighted by Crippen LogP contribution is -2.17. The van der Waals surface area contributed by atoms with Gasteiger partial charge in [-0.2, -0.15) is 0 Å². The van der Waals surface area contributed by atoms with Crippen molar-refractivity contribution in [2.45, 2.75) is 5.75 Å². The molecule has 5 nitrogen and oxygen atoms in total. The topological polar surface area (TPSA) is 72.0 Å². The zero-order valence-electron chi connectivity index (χ0n) is 11.7. The van der Waals surface area contributed by atoms with Crippen LogP contribution in [0.4, 0.5) is 14.6 Å². The quantitative estimate of drug-likeness (QED) is 0.796. The minimum Gasteiger partial charge on any atom is -0.266 e. The number of hydrogen-bond acceptors (Lipinski definition) is 4. The highest BCUT2D eigenvalue weighted by atomic mass is 32.2. The van der Waals surface area contributed by atoms with Gasteiger partial charge in [-0.1, -0.05) is 18.2 Å². The van der Waals surface area contributed by atoms with Crippen LogP contribution in [0.1, 0.15) is 5.56 Å². The van der Waals surface area contributed by atoms with Crippen molar-refractivity contribution in [3.05, 3.63) is 65.9 Å². The zero-order valence-corrected chi connectivity index (χ0v) is 12.5. The molecule has 8 heteroatoms. The van der Waals surface area contributed by atoms with Crippen LogP contribution < -0.4 is 4.72 Å². The van der Waals surface area contributed by atoms with Crippen LogP contribution in [0.3, 0.4) is 0 Å². The van der Waals surface area contributed by atoms with Crippen molar-refractivity contribution in [2.75, 3.05) is 4.72 Å². The number of benzene rings is 2. The molecule has 23 heavy (non-hydrogen) atoms. The monoisotopic (exact) mass is 335 g/mol. The summed E-state index contributed by atoms with van der Waals surface area (Å²) in [6, 6.07) is 10.1. The molecule has 3 rings (SSSR count). The molecule has 1 N–H and O–H groups in total. The molecule has 2 aromatic carbocycles. The van der Waals surface area contributed by atoms with Crippen LogP contribution in [-0.2, 0) is 15.8 Å². The first-order valence-electron chi connectivity index (χ1n) is 6.60. The van der Waals surface area contributed by atoms with Gasteiger partial charge >= 0.3 is 0 Å². The second-order valence-electron chi connectivity index (χ2n) is 4.81. The van der Waals surface area contributed by atoms with Gasteiger partial charge in [0, 0.05) is 5.56 Å².